The van der Waals surface area contributed by atoms with Crippen molar-refractivity contribution < 1.29 is 14.6 Å². The Bertz CT molecular complexity index is 418. The summed E-state index contributed by atoms with van der Waals surface area (Å²) in [6, 6.07) is 6.15. The Morgan fingerprint density at radius 3 is 2.57 bits per heavy atom. The molecule has 0 aliphatic rings. The van der Waals surface area contributed by atoms with Gasteiger partial charge >= 0.3 is 0 Å². The molecule has 0 aliphatic carbocycles. The highest BCUT2D eigenvalue weighted by molar-refractivity contribution is 5.81. The van der Waals surface area contributed by atoms with E-state index >= 15 is 0 Å². The van der Waals surface area contributed by atoms with E-state index in [9.17, 15) is 9.90 Å². The standard InChI is InChI=1S/C16H26N2O3/c1-12(2)21-10-4-3-9-18-16(20)15(17)11-13-5-7-14(19)8-6-13/h5-8,12,15,19H,3-4,9-11,17H2,1-2H3,(H,18,20)/t15-/m1/s1. The molecule has 5 heteroatoms. The predicted octanol–water partition coefficient (Wildman–Crippen LogP) is 1.58. The predicted molar refractivity (Wildman–Crippen MR) is 83.1 cm³/mol. The first-order valence-electron chi connectivity index (χ1n) is 7.42. The van der Waals surface area contributed by atoms with Crippen molar-refractivity contribution in [2.45, 2.75) is 45.3 Å². The van der Waals surface area contributed by atoms with Crippen molar-refractivity contribution in [1.29, 1.82) is 0 Å². The summed E-state index contributed by atoms with van der Waals surface area (Å²) in [6.45, 7) is 5.34. The van der Waals surface area contributed by atoms with Gasteiger partial charge < -0.3 is 20.9 Å². The van der Waals surface area contributed by atoms with Gasteiger partial charge in [-0.3, -0.25) is 4.79 Å². The number of phenols is 1. The fourth-order valence-electron chi connectivity index (χ4n) is 1.87. The number of carbonyl (C=O) groups excluding carboxylic acids is 1. The minimum atomic E-state index is -0.568. The fraction of sp³-hybridized carbons (Fsp3) is 0.562. The third-order valence-corrected chi connectivity index (χ3v) is 3.05. The van der Waals surface area contributed by atoms with Crippen LogP contribution < -0.4 is 11.1 Å². The third-order valence-electron chi connectivity index (χ3n) is 3.05. The zero-order chi connectivity index (χ0) is 15.7. The highest BCUT2D eigenvalue weighted by Crippen LogP contribution is 2.10. The summed E-state index contributed by atoms with van der Waals surface area (Å²) in [5.41, 5.74) is 6.80. The number of phenolic OH excluding ortho intramolecular Hbond substituents is 1. The van der Waals surface area contributed by atoms with E-state index in [1.54, 1.807) is 24.3 Å². The summed E-state index contributed by atoms with van der Waals surface area (Å²) in [4.78, 5) is 11.8. The lowest BCUT2D eigenvalue weighted by molar-refractivity contribution is -0.122. The average Bonchev–Trinajstić information content (AvgIpc) is 2.44. The molecule has 118 valence electrons. The number of carbonyl (C=O) groups is 1. The maximum Gasteiger partial charge on any atom is 0.237 e. The van der Waals surface area contributed by atoms with Crippen molar-refractivity contribution in [3.05, 3.63) is 29.8 Å². The number of rotatable bonds is 9. The molecule has 0 aliphatic heterocycles. The largest absolute Gasteiger partial charge is 0.508 e. The van der Waals surface area contributed by atoms with E-state index in [0.29, 0.717) is 19.6 Å². The van der Waals surface area contributed by atoms with Gasteiger partial charge in [0.15, 0.2) is 0 Å². The maximum atomic E-state index is 11.8. The zero-order valence-electron chi connectivity index (χ0n) is 12.8. The second-order valence-electron chi connectivity index (χ2n) is 5.39. The van der Waals surface area contributed by atoms with Gasteiger partial charge in [-0.05, 0) is 50.8 Å². The SMILES string of the molecule is CC(C)OCCCCNC(=O)[C@H](N)Cc1ccc(O)cc1. The molecule has 0 aromatic heterocycles. The second-order valence-corrected chi connectivity index (χ2v) is 5.39. The zero-order valence-corrected chi connectivity index (χ0v) is 12.8. The maximum absolute atomic E-state index is 11.8. The van der Waals surface area contributed by atoms with Crippen molar-refractivity contribution in [3.63, 3.8) is 0 Å². The lowest BCUT2D eigenvalue weighted by atomic mass is 10.1. The van der Waals surface area contributed by atoms with E-state index in [4.69, 9.17) is 10.5 Å². The van der Waals surface area contributed by atoms with Gasteiger partial charge in [-0.1, -0.05) is 12.1 Å². The van der Waals surface area contributed by atoms with E-state index in [1.807, 2.05) is 13.8 Å². The van der Waals surface area contributed by atoms with E-state index in [0.717, 1.165) is 18.4 Å². The molecule has 5 nitrogen and oxygen atoms in total. The molecule has 0 saturated carbocycles. The van der Waals surface area contributed by atoms with Crippen molar-refractivity contribution >= 4 is 5.91 Å². The number of benzene rings is 1. The number of amides is 1. The van der Waals surface area contributed by atoms with Gasteiger partial charge in [0.05, 0.1) is 12.1 Å². The quantitative estimate of drug-likeness (QED) is 0.604. The fourth-order valence-corrected chi connectivity index (χ4v) is 1.87. The topological polar surface area (TPSA) is 84.6 Å². The Balaban J connectivity index is 2.18. The van der Waals surface area contributed by atoms with Crippen molar-refractivity contribution in [3.8, 4) is 5.75 Å². The number of unbranched alkanes of at least 4 members (excludes halogenated alkanes) is 1. The van der Waals surface area contributed by atoms with Gasteiger partial charge in [0.2, 0.25) is 5.91 Å². The molecule has 1 aromatic rings. The molecule has 0 spiro atoms. The van der Waals surface area contributed by atoms with Crippen LogP contribution in [-0.4, -0.2) is 36.3 Å². The molecule has 0 saturated heterocycles. The minimum absolute atomic E-state index is 0.146. The van der Waals surface area contributed by atoms with Crippen LogP contribution in [0.15, 0.2) is 24.3 Å². The molecule has 1 aromatic carbocycles. The van der Waals surface area contributed by atoms with Crippen LogP contribution in [0.25, 0.3) is 0 Å². The third kappa shape index (κ3) is 7.68. The first-order valence-corrected chi connectivity index (χ1v) is 7.42. The highest BCUT2D eigenvalue weighted by atomic mass is 16.5. The van der Waals surface area contributed by atoms with Crippen LogP contribution in [0.1, 0.15) is 32.3 Å². The van der Waals surface area contributed by atoms with Gasteiger partial charge in [-0.2, -0.15) is 0 Å². The molecule has 0 heterocycles. The number of ether oxygens (including phenoxy) is 1. The Morgan fingerprint density at radius 1 is 1.29 bits per heavy atom. The van der Waals surface area contributed by atoms with Crippen molar-refractivity contribution in [2.24, 2.45) is 5.73 Å². The molecule has 21 heavy (non-hydrogen) atoms. The highest BCUT2D eigenvalue weighted by Gasteiger charge is 2.13. The Hall–Kier alpha value is -1.59. The van der Waals surface area contributed by atoms with Gasteiger partial charge in [0, 0.05) is 13.2 Å². The van der Waals surface area contributed by atoms with Gasteiger partial charge in [0.1, 0.15) is 5.75 Å². The van der Waals surface area contributed by atoms with E-state index in [2.05, 4.69) is 5.32 Å². The lowest BCUT2D eigenvalue weighted by Crippen LogP contribution is -2.42. The minimum Gasteiger partial charge on any atom is -0.508 e. The molecule has 0 fully saturated rings. The van der Waals surface area contributed by atoms with Gasteiger partial charge in [-0.25, -0.2) is 0 Å². The molecular formula is C16H26N2O3. The Kier molecular flexibility index (Phi) is 7.79. The van der Waals surface area contributed by atoms with E-state index in [1.165, 1.54) is 0 Å². The summed E-state index contributed by atoms with van der Waals surface area (Å²) < 4.78 is 5.43. The molecule has 1 amide bonds. The van der Waals surface area contributed by atoms with Crippen LogP contribution in [-0.2, 0) is 16.0 Å². The molecule has 0 bridgehead atoms. The molecule has 1 rings (SSSR count). The summed E-state index contributed by atoms with van der Waals surface area (Å²) in [5, 5.41) is 12.0. The average molecular weight is 294 g/mol. The summed E-state index contributed by atoms with van der Waals surface area (Å²) in [7, 11) is 0. The Labute approximate surface area is 126 Å². The second kappa shape index (κ2) is 9.37. The molecule has 0 unspecified atom stereocenters. The van der Waals surface area contributed by atoms with E-state index < -0.39 is 6.04 Å². The molecule has 0 radical (unpaired) electrons. The number of nitrogens with two attached hydrogens (primary N) is 1. The van der Waals surface area contributed by atoms with Crippen LogP contribution in [0.4, 0.5) is 0 Å². The number of hydrogen-bond donors (Lipinski definition) is 3. The molecular weight excluding hydrogens is 268 g/mol. The monoisotopic (exact) mass is 294 g/mol. The smallest absolute Gasteiger partial charge is 0.237 e. The van der Waals surface area contributed by atoms with Crippen LogP contribution >= 0.6 is 0 Å². The van der Waals surface area contributed by atoms with Crippen molar-refractivity contribution in [1.82, 2.24) is 5.32 Å². The first-order chi connectivity index (χ1) is 9.99. The van der Waals surface area contributed by atoms with Crippen LogP contribution in [0, 0.1) is 0 Å². The number of hydrogen-bond acceptors (Lipinski definition) is 4. The summed E-state index contributed by atoms with van der Waals surface area (Å²) in [6.07, 6.45) is 2.51. The van der Waals surface area contributed by atoms with Crippen LogP contribution in [0.2, 0.25) is 0 Å². The summed E-state index contributed by atoms with van der Waals surface area (Å²) in [5.74, 6) is 0.0632. The number of aromatic hydroxyl groups is 1. The lowest BCUT2D eigenvalue weighted by Gasteiger charge is -2.12. The summed E-state index contributed by atoms with van der Waals surface area (Å²) >= 11 is 0. The first kappa shape index (κ1) is 17.5. The molecule has 1 atom stereocenters. The van der Waals surface area contributed by atoms with Gasteiger partial charge in [-0.15, -0.1) is 0 Å². The normalized spacial score (nSPS) is 12.4. The van der Waals surface area contributed by atoms with E-state index in [-0.39, 0.29) is 17.8 Å². The van der Waals surface area contributed by atoms with Crippen LogP contribution in [0.3, 0.4) is 0 Å². The molecule has 4 N–H and O–H groups in total. The number of nitrogens with one attached hydrogen (secondary N) is 1. The Morgan fingerprint density at radius 2 is 1.95 bits per heavy atom. The van der Waals surface area contributed by atoms with Crippen molar-refractivity contribution in [2.75, 3.05) is 13.2 Å². The van der Waals surface area contributed by atoms with Crippen LogP contribution in [0.5, 0.6) is 5.75 Å². The van der Waals surface area contributed by atoms with Gasteiger partial charge in [0.25, 0.3) is 0 Å².